The Labute approximate surface area is 156 Å². The maximum atomic E-state index is 12.0. The quantitative estimate of drug-likeness (QED) is 0.533. The Bertz CT molecular complexity index is 850. The number of benzene rings is 2. The van der Waals surface area contributed by atoms with Crippen molar-refractivity contribution in [2.24, 2.45) is 5.10 Å². The molecule has 136 valence electrons. The van der Waals surface area contributed by atoms with Gasteiger partial charge >= 0.3 is 0 Å². The van der Waals surface area contributed by atoms with Gasteiger partial charge in [-0.15, -0.1) is 0 Å². The third-order valence-corrected chi connectivity index (χ3v) is 4.17. The molecule has 26 heavy (non-hydrogen) atoms. The Kier molecular flexibility index (Phi) is 6.74. The zero-order chi connectivity index (χ0) is 19.1. The molecule has 6 nitrogen and oxygen atoms in total. The third kappa shape index (κ3) is 5.32. The molecule has 0 aromatic heterocycles. The number of hydrogen-bond acceptors (Lipinski definition) is 4. The molecule has 2 aromatic rings. The zero-order valence-electron chi connectivity index (χ0n) is 14.5. The maximum Gasteiger partial charge on any atom is 0.240 e. The van der Waals surface area contributed by atoms with Gasteiger partial charge in [0.15, 0.2) is 0 Å². The highest BCUT2D eigenvalue weighted by Crippen LogP contribution is 2.23. The smallest absolute Gasteiger partial charge is 0.240 e. The molecule has 0 aliphatic rings. The minimum atomic E-state index is -0.391. The Morgan fingerprint density at radius 1 is 1.08 bits per heavy atom. The van der Waals surface area contributed by atoms with E-state index in [0.29, 0.717) is 22.0 Å². The molecular weight excluding hydrogens is 354 g/mol. The lowest BCUT2D eigenvalue weighted by molar-refractivity contribution is -0.124. The first-order chi connectivity index (χ1) is 12.4. The van der Waals surface area contributed by atoms with Crippen molar-refractivity contribution in [2.75, 3.05) is 5.32 Å². The number of amides is 2. The van der Waals surface area contributed by atoms with E-state index in [0.717, 1.165) is 5.56 Å². The number of nitrogens with zero attached hydrogens (tertiary/aromatic N) is 1. The fourth-order valence-corrected chi connectivity index (χ4v) is 2.40. The molecular formula is C19H20ClN3O3. The second-order valence-electron chi connectivity index (χ2n) is 5.71. The lowest BCUT2D eigenvalue weighted by Gasteiger charge is -2.09. The Morgan fingerprint density at radius 2 is 1.77 bits per heavy atom. The first kappa shape index (κ1) is 19.5. The number of rotatable bonds is 6. The standard InChI is InChI=1S/C19H20ClN3O3/c1-12-15(20)7-5-8-16(12)21-18(25)10-11-19(26)23-22-13(2)14-6-3-4-9-17(14)24/h3-9,24H,10-11H2,1-2H3,(H,21,25)(H,23,26)/b22-13+. The number of carbonyl (C=O) groups excluding carboxylic acids is 2. The average molecular weight is 374 g/mol. The number of anilines is 1. The lowest BCUT2D eigenvalue weighted by atomic mass is 10.1. The Hall–Kier alpha value is -2.86. The fraction of sp³-hybridized carbons (Fsp3) is 0.211. The Morgan fingerprint density at radius 3 is 2.50 bits per heavy atom. The van der Waals surface area contributed by atoms with Gasteiger partial charge in [-0.05, 0) is 43.7 Å². The van der Waals surface area contributed by atoms with Crippen molar-refractivity contribution in [2.45, 2.75) is 26.7 Å². The van der Waals surface area contributed by atoms with E-state index in [9.17, 15) is 14.7 Å². The molecule has 2 amide bonds. The van der Waals surface area contributed by atoms with Crippen molar-refractivity contribution >= 4 is 34.8 Å². The molecule has 0 radical (unpaired) electrons. The summed E-state index contributed by atoms with van der Waals surface area (Å²) < 4.78 is 0. The normalized spacial score (nSPS) is 11.1. The van der Waals surface area contributed by atoms with E-state index in [-0.39, 0.29) is 24.5 Å². The zero-order valence-corrected chi connectivity index (χ0v) is 15.3. The summed E-state index contributed by atoms with van der Waals surface area (Å²) in [4.78, 5) is 23.8. The summed E-state index contributed by atoms with van der Waals surface area (Å²) in [7, 11) is 0. The molecule has 2 rings (SSSR count). The summed E-state index contributed by atoms with van der Waals surface area (Å²) in [5, 5.41) is 17.0. The molecule has 7 heteroatoms. The van der Waals surface area contributed by atoms with Gasteiger partial charge in [0.1, 0.15) is 5.75 Å². The number of carbonyl (C=O) groups is 2. The van der Waals surface area contributed by atoms with Gasteiger partial charge in [-0.2, -0.15) is 5.10 Å². The van der Waals surface area contributed by atoms with E-state index in [4.69, 9.17) is 11.6 Å². The number of phenolic OH excluding ortho intramolecular Hbond substituents is 1. The van der Waals surface area contributed by atoms with Crippen molar-refractivity contribution < 1.29 is 14.7 Å². The first-order valence-electron chi connectivity index (χ1n) is 8.05. The molecule has 3 N–H and O–H groups in total. The summed E-state index contributed by atoms with van der Waals surface area (Å²) in [5.74, 6) is -0.594. The van der Waals surface area contributed by atoms with Crippen LogP contribution in [0.1, 0.15) is 30.9 Å². The van der Waals surface area contributed by atoms with Gasteiger partial charge in [-0.25, -0.2) is 5.43 Å². The second kappa shape index (κ2) is 9.01. The molecule has 0 fully saturated rings. The van der Waals surface area contributed by atoms with Gasteiger partial charge in [0.05, 0.1) is 5.71 Å². The highest BCUT2D eigenvalue weighted by Gasteiger charge is 2.10. The molecule has 0 unspecified atom stereocenters. The number of nitrogens with one attached hydrogen (secondary N) is 2. The highest BCUT2D eigenvalue weighted by atomic mass is 35.5. The summed E-state index contributed by atoms with van der Waals surface area (Å²) >= 11 is 6.01. The van der Waals surface area contributed by atoms with E-state index in [2.05, 4.69) is 15.8 Å². The van der Waals surface area contributed by atoms with Crippen LogP contribution in [0.5, 0.6) is 5.75 Å². The van der Waals surface area contributed by atoms with Gasteiger partial charge in [0, 0.05) is 29.1 Å². The predicted molar refractivity (Wildman–Crippen MR) is 103 cm³/mol. The number of halogens is 1. The molecule has 0 atom stereocenters. The van der Waals surface area contributed by atoms with Gasteiger partial charge in [-0.1, -0.05) is 29.8 Å². The largest absolute Gasteiger partial charge is 0.507 e. The third-order valence-electron chi connectivity index (χ3n) is 3.76. The molecule has 2 aromatic carbocycles. The van der Waals surface area contributed by atoms with Crippen molar-refractivity contribution in [3.63, 3.8) is 0 Å². The van der Waals surface area contributed by atoms with E-state index < -0.39 is 5.91 Å². The topological polar surface area (TPSA) is 90.8 Å². The van der Waals surface area contributed by atoms with Crippen molar-refractivity contribution in [1.29, 1.82) is 0 Å². The van der Waals surface area contributed by atoms with Crippen LogP contribution in [-0.2, 0) is 9.59 Å². The number of phenols is 1. The summed E-state index contributed by atoms with van der Waals surface area (Å²) in [6.45, 7) is 3.48. The van der Waals surface area contributed by atoms with E-state index in [1.165, 1.54) is 0 Å². The van der Waals surface area contributed by atoms with E-state index >= 15 is 0 Å². The second-order valence-corrected chi connectivity index (χ2v) is 6.12. The minimum Gasteiger partial charge on any atom is -0.507 e. The SMILES string of the molecule is C/C(=N\NC(=O)CCC(=O)Nc1cccc(Cl)c1C)c1ccccc1O. The summed E-state index contributed by atoms with van der Waals surface area (Å²) in [6.07, 6.45) is 0.00589. The first-order valence-corrected chi connectivity index (χ1v) is 8.42. The van der Waals surface area contributed by atoms with Gasteiger partial charge < -0.3 is 10.4 Å². The van der Waals surface area contributed by atoms with Crippen LogP contribution in [0.4, 0.5) is 5.69 Å². The van der Waals surface area contributed by atoms with Gasteiger partial charge in [-0.3, -0.25) is 9.59 Å². The molecule has 0 saturated carbocycles. The van der Waals surface area contributed by atoms with E-state index in [1.807, 2.05) is 0 Å². The number of hydrazone groups is 1. The van der Waals surface area contributed by atoms with Crippen LogP contribution in [0.2, 0.25) is 5.02 Å². The number of aromatic hydroxyl groups is 1. The summed E-state index contributed by atoms with van der Waals surface area (Å²) in [6, 6.07) is 11.9. The predicted octanol–water partition coefficient (Wildman–Crippen LogP) is 3.61. The molecule has 0 spiro atoms. The monoisotopic (exact) mass is 373 g/mol. The highest BCUT2D eigenvalue weighted by molar-refractivity contribution is 6.31. The molecule has 0 aliphatic heterocycles. The lowest BCUT2D eigenvalue weighted by Crippen LogP contribution is -2.22. The van der Waals surface area contributed by atoms with E-state index in [1.54, 1.807) is 56.3 Å². The molecule has 0 bridgehead atoms. The van der Waals surface area contributed by atoms with Crippen molar-refractivity contribution in [3.05, 3.63) is 58.6 Å². The fourth-order valence-electron chi connectivity index (χ4n) is 2.22. The van der Waals surface area contributed by atoms with Crippen molar-refractivity contribution in [1.82, 2.24) is 5.43 Å². The molecule has 0 heterocycles. The number of hydrogen-bond donors (Lipinski definition) is 3. The van der Waals surface area contributed by atoms with Gasteiger partial charge in [0.2, 0.25) is 11.8 Å². The van der Waals surface area contributed by atoms with Crippen LogP contribution >= 0.6 is 11.6 Å². The van der Waals surface area contributed by atoms with Crippen molar-refractivity contribution in [3.8, 4) is 5.75 Å². The maximum absolute atomic E-state index is 12.0. The van der Waals surface area contributed by atoms with Crippen LogP contribution < -0.4 is 10.7 Å². The molecule has 0 aliphatic carbocycles. The van der Waals surface area contributed by atoms with Crippen LogP contribution in [0.15, 0.2) is 47.6 Å². The minimum absolute atomic E-state index is 0.0109. The number of para-hydroxylation sites is 1. The summed E-state index contributed by atoms with van der Waals surface area (Å²) in [5.41, 5.74) is 4.78. The van der Waals surface area contributed by atoms with Crippen LogP contribution in [0.3, 0.4) is 0 Å². The average Bonchev–Trinajstić information content (AvgIpc) is 2.62. The van der Waals surface area contributed by atoms with Crippen LogP contribution in [0, 0.1) is 6.92 Å². The van der Waals surface area contributed by atoms with Gasteiger partial charge in [0.25, 0.3) is 0 Å². The Balaban J connectivity index is 1.85. The van der Waals surface area contributed by atoms with Crippen LogP contribution in [-0.4, -0.2) is 22.6 Å². The van der Waals surface area contributed by atoms with Crippen LogP contribution in [0.25, 0.3) is 0 Å². The molecule has 0 saturated heterocycles.